The van der Waals surface area contributed by atoms with E-state index in [1.165, 1.54) is 11.3 Å². The van der Waals surface area contributed by atoms with E-state index >= 15 is 4.39 Å². The van der Waals surface area contributed by atoms with Crippen molar-refractivity contribution >= 4 is 27.3 Å². The second kappa shape index (κ2) is 8.49. The van der Waals surface area contributed by atoms with E-state index in [9.17, 15) is 12.8 Å². The van der Waals surface area contributed by atoms with Gasteiger partial charge in [0.15, 0.2) is 5.82 Å². The van der Waals surface area contributed by atoms with Crippen LogP contribution < -0.4 is 10.9 Å². The first kappa shape index (κ1) is 23.9. The average Bonchev–Trinajstić information content (AvgIpc) is 3.21. The molecule has 0 aliphatic rings. The van der Waals surface area contributed by atoms with E-state index in [4.69, 9.17) is 15.9 Å². The van der Waals surface area contributed by atoms with Crippen LogP contribution in [-0.4, -0.2) is 23.4 Å². The summed E-state index contributed by atoms with van der Waals surface area (Å²) in [5.74, 6) is -1.94. The zero-order valence-corrected chi connectivity index (χ0v) is 20.1. The Kier molecular flexibility index (Phi) is 5.96. The Morgan fingerprint density at radius 3 is 2.35 bits per heavy atom. The molecule has 11 heteroatoms. The third-order valence-electron chi connectivity index (χ3n) is 4.93. The molecule has 0 atom stereocenters. The van der Waals surface area contributed by atoms with Crippen LogP contribution in [0.4, 0.5) is 14.7 Å². The number of aromatic nitrogens is 3. The van der Waals surface area contributed by atoms with Gasteiger partial charge in [0, 0.05) is 22.7 Å². The molecule has 4 aromatic rings. The van der Waals surface area contributed by atoms with Gasteiger partial charge in [0.2, 0.25) is 16.0 Å². The van der Waals surface area contributed by atoms with Gasteiger partial charge in [0.05, 0.1) is 21.3 Å². The highest BCUT2D eigenvalue weighted by Crippen LogP contribution is 2.41. The van der Waals surface area contributed by atoms with Crippen molar-refractivity contribution in [2.75, 3.05) is 5.73 Å². The Balaban J connectivity index is 1.93. The van der Waals surface area contributed by atoms with Crippen molar-refractivity contribution in [3.63, 3.8) is 0 Å². The SMILES string of the molecule is CC(C)(C)c1nc(-c2cccc(-c3cc(F)cc(S(N)(=O)=O)c3F)c2)c(-c2ccnc(N)n2)s1. The average molecular weight is 502 g/mol. The summed E-state index contributed by atoms with van der Waals surface area (Å²) in [6, 6.07) is 9.79. The minimum atomic E-state index is -4.46. The van der Waals surface area contributed by atoms with Gasteiger partial charge in [-0.05, 0) is 29.8 Å². The molecule has 0 bridgehead atoms. The van der Waals surface area contributed by atoms with Crippen LogP contribution in [0, 0.1) is 11.6 Å². The predicted molar refractivity (Wildman–Crippen MR) is 128 cm³/mol. The van der Waals surface area contributed by atoms with Crippen LogP contribution in [0.1, 0.15) is 25.8 Å². The largest absolute Gasteiger partial charge is 0.368 e. The zero-order chi connectivity index (χ0) is 24.8. The number of primary sulfonamides is 1. The van der Waals surface area contributed by atoms with Crippen molar-refractivity contribution in [3.05, 3.63) is 65.3 Å². The fraction of sp³-hybridized carbons (Fsp3) is 0.174. The topological polar surface area (TPSA) is 125 Å². The van der Waals surface area contributed by atoms with E-state index in [0.29, 0.717) is 23.0 Å². The lowest BCUT2D eigenvalue weighted by molar-refractivity contribution is 0.556. The first-order chi connectivity index (χ1) is 15.8. The molecule has 2 aromatic carbocycles. The molecule has 7 nitrogen and oxygen atoms in total. The number of hydrogen-bond donors (Lipinski definition) is 2. The minimum Gasteiger partial charge on any atom is -0.368 e. The molecule has 176 valence electrons. The maximum atomic E-state index is 15.0. The smallest absolute Gasteiger partial charge is 0.241 e. The first-order valence-electron chi connectivity index (χ1n) is 10.1. The molecule has 0 unspecified atom stereocenters. The van der Waals surface area contributed by atoms with Crippen molar-refractivity contribution < 1.29 is 17.2 Å². The molecule has 0 spiro atoms. The van der Waals surface area contributed by atoms with Gasteiger partial charge in [-0.3, -0.25) is 0 Å². The molecule has 4 rings (SSSR count). The molecule has 0 aliphatic heterocycles. The summed E-state index contributed by atoms with van der Waals surface area (Å²) in [6.07, 6.45) is 1.55. The number of nitrogens with zero attached hydrogens (tertiary/aromatic N) is 3. The maximum Gasteiger partial charge on any atom is 0.241 e. The molecule has 0 amide bonds. The highest BCUT2D eigenvalue weighted by atomic mass is 32.2. The molecule has 0 radical (unpaired) electrons. The van der Waals surface area contributed by atoms with Crippen LogP contribution in [0.2, 0.25) is 0 Å². The van der Waals surface area contributed by atoms with Crippen molar-refractivity contribution in [1.82, 2.24) is 15.0 Å². The van der Waals surface area contributed by atoms with Crippen LogP contribution in [0.15, 0.2) is 53.6 Å². The minimum absolute atomic E-state index is 0.111. The fourth-order valence-electron chi connectivity index (χ4n) is 3.33. The molecule has 0 saturated carbocycles. The van der Waals surface area contributed by atoms with Crippen molar-refractivity contribution in [2.45, 2.75) is 31.1 Å². The van der Waals surface area contributed by atoms with E-state index in [1.54, 1.807) is 36.5 Å². The van der Waals surface area contributed by atoms with Gasteiger partial charge >= 0.3 is 0 Å². The van der Waals surface area contributed by atoms with E-state index in [0.717, 1.165) is 16.0 Å². The van der Waals surface area contributed by atoms with Gasteiger partial charge in [0.25, 0.3) is 0 Å². The predicted octanol–water partition coefficient (Wildman–Crippen LogP) is 4.74. The number of anilines is 1. The Morgan fingerprint density at radius 1 is 1.00 bits per heavy atom. The van der Waals surface area contributed by atoms with Gasteiger partial charge in [-0.25, -0.2) is 37.3 Å². The lowest BCUT2D eigenvalue weighted by atomic mass is 9.97. The summed E-state index contributed by atoms with van der Waals surface area (Å²) in [5.41, 5.74) is 7.32. The molecular weight excluding hydrogens is 480 g/mol. The summed E-state index contributed by atoms with van der Waals surface area (Å²) in [5, 5.41) is 5.91. The zero-order valence-electron chi connectivity index (χ0n) is 18.5. The molecule has 2 heterocycles. The summed E-state index contributed by atoms with van der Waals surface area (Å²) in [4.78, 5) is 12.9. The van der Waals surface area contributed by atoms with E-state index in [2.05, 4.69) is 9.97 Å². The summed E-state index contributed by atoms with van der Waals surface area (Å²) in [7, 11) is -4.46. The number of halogens is 2. The number of rotatable bonds is 4. The highest BCUT2D eigenvalue weighted by molar-refractivity contribution is 7.89. The van der Waals surface area contributed by atoms with Gasteiger partial charge in [-0.15, -0.1) is 11.3 Å². The summed E-state index contributed by atoms with van der Waals surface area (Å²) < 4.78 is 52.7. The van der Waals surface area contributed by atoms with Gasteiger partial charge in [-0.1, -0.05) is 39.0 Å². The quantitative estimate of drug-likeness (QED) is 0.416. The second-order valence-electron chi connectivity index (χ2n) is 8.64. The van der Waals surface area contributed by atoms with E-state index in [1.807, 2.05) is 20.8 Å². The van der Waals surface area contributed by atoms with Crippen molar-refractivity contribution in [1.29, 1.82) is 0 Å². The van der Waals surface area contributed by atoms with E-state index < -0.39 is 26.6 Å². The van der Waals surface area contributed by atoms with Crippen LogP contribution in [-0.2, 0) is 15.4 Å². The van der Waals surface area contributed by atoms with E-state index in [-0.39, 0.29) is 22.5 Å². The highest BCUT2D eigenvalue weighted by Gasteiger charge is 2.25. The molecule has 0 aliphatic carbocycles. The first-order valence-corrected chi connectivity index (χ1v) is 12.4. The van der Waals surface area contributed by atoms with Gasteiger partial charge < -0.3 is 5.73 Å². The molecule has 2 aromatic heterocycles. The molecular formula is C23H21F2N5O2S2. The number of thiazole rings is 1. The maximum absolute atomic E-state index is 15.0. The number of benzene rings is 2. The second-order valence-corrected chi connectivity index (χ2v) is 11.2. The third kappa shape index (κ3) is 4.67. The monoisotopic (exact) mass is 501 g/mol. The van der Waals surface area contributed by atoms with Crippen LogP contribution in [0.25, 0.3) is 33.0 Å². The van der Waals surface area contributed by atoms with Gasteiger partial charge in [-0.2, -0.15) is 0 Å². The molecule has 0 fully saturated rings. The lowest BCUT2D eigenvalue weighted by Crippen LogP contribution is -2.15. The Morgan fingerprint density at radius 2 is 1.71 bits per heavy atom. The van der Waals surface area contributed by atoms with Crippen LogP contribution in [0.5, 0.6) is 0 Å². The van der Waals surface area contributed by atoms with Gasteiger partial charge in [0.1, 0.15) is 10.7 Å². The normalized spacial score (nSPS) is 12.2. The number of sulfonamides is 1. The third-order valence-corrected chi connectivity index (χ3v) is 7.35. The number of nitrogen functional groups attached to an aromatic ring is 1. The summed E-state index contributed by atoms with van der Waals surface area (Å²) >= 11 is 1.45. The van der Waals surface area contributed by atoms with Crippen LogP contribution in [0.3, 0.4) is 0 Å². The fourth-order valence-corrected chi connectivity index (χ4v) is 5.08. The lowest BCUT2D eigenvalue weighted by Gasteiger charge is -2.13. The molecule has 0 saturated heterocycles. The standard InChI is InChI=1S/C23H21F2N5O2S2/c1-23(2,3)21-30-19(20(33-21)16-7-8-28-22(26)29-16)13-6-4-5-12(9-13)15-10-14(24)11-17(18(15)25)34(27,31)32/h4-11H,1-3H3,(H2,26,28,29)(H2,27,31,32). The Labute approximate surface area is 199 Å². The molecule has 34 heavy (non-hydrogen) atoms. The Bertz CT molecular complexity index is 1510. The summed E-state index contributed by atoms with van der Waals surface area (Å²) in [6.45, 7) is 6.09. The number of hydrogen-bond acceptors (Lipinski definition) is 7. The Hall–Kier alpha value is -3.28. The van der Waals surface area contributed by atoms with Crippen molar-refractivity contribution in [3.8, 4) is 33.0 Å². The van der Waals surface area contributed by atoms with Crippen LogP contribution >= 0.6 is 11.3 Å². The van der Waals surface area contributed by atoms with Crippen molar-refractivity contribution in [2.24, 2.45) is 5.14 Å². The number of nitrogens with two attached hydrogens (primary N) is 2. The molecule has 4 N–H and O–H groups in total.